The molecule has 0 aromatic carbocycles. The molecule has 1 amide bonds. The second-order valence-electron chi connectivity index (χ2n) is 5.64. The first kappa shape index (κ1) is 13.8. The van der Waals surface area contributed by atoms with E-state index in [1.54, 1.807) is 0 Å². The molecule has 1 saturated heterocycles. The second kappa shape index (κ2) is 6.53. The van der Waals surface area contributed by atoms with E-state index in [2.05, 4.69) is 6.92 Å². The van der Waals surface area contributed by atoms with Gasteiger partial charge in [0.25, 0.3) is 0 Å². The van der Waals surface area contributed by atoms with E-state index in [-0.39, 0.29) is 18.1 Å². The van der Waals surface area contributed by atoms with Gasteiger partial charge in [-0.15, -0.1) is 0 Å². The van der Waals surface area contributed by atoms with Crippen molar-refractivity contribution in [1.29, 1.82) is 0 Å². The fourth-order valence-electron chi connectivity index (χ4n) is 3.12. The van der Waals surface area contributed by atoms with Crippen LogP contribution in [0.4, 0.5) is 0 Å². The van der Waals surface area contributed by atoms with Gasteiger partial charge in [-0.3, -0.25) is 4.79 Å². The number of hydrogen-bond donors (Lipinski definition) is 1. The molecule has 0 aromatic rings. The first-order valence-corrected chi connectivity index (χ1v) is 7.36. The van der Waals surface area contributed by atoms with Gasteiger partial charge in [0.2, 0.25) is 5.91 Å². The molecule has 2 fully saturated rings. The number of rotatable bonds is 4. The zero-order valence-electron chi connectivity index (χ0n) is 11.4. The van der Waals surface area contributed by atoms with Crippen LogP contribution in [0, 0.1) is 5.92 Å². The van der Waals surface area contributed by atoms with Gasteiger partial charge in [-0.2, -0.15) is 0 Å². The molecule has 1 aliphatic heterocycles. The van der Waals surface area contributed by atoms with Crippen LogP contribution in [0.3, 0.4) is 0 Å². The lowest BCUT2D eigenvalue weighted by molar-refractivity contribution is -0.138. The van der Waals surface area contributed by atoms with Crippen LogP contribution in [-0.4, -0.2) is 42.6 Å². The highest BCUT2D eigenvalue weighted by Gasteiger charge is 2.30. The summed E-state index contributed by atoms with van der Waals surface area (Å²) in [7, 11) is 0. The number of nitrogens with zero attached hydrogens (tertiary/aromatic N) is 1. The molecule has 0 aromatic heterocycles. The predicted octanol–water partition coefficient (Wildman–Crippen LogP) is 1.53. The maximum absolute atomic E-state index is 12.5. The van der Waals surface area contributed by atoms with Crippen LogP contribution in [0.5, 0.6) is 0 Å². The molecule has 1 saturated carbocycles. The van der Waals surface area contributed by atoms with E-state index in [4.69, 9.17) is 10.5 Å². The maximum Gasteiger partial charge on any atom is 0.225 e. The number of ether oxygens (including phenoxy) is 1. The SMILES string of the molecule is CCN(CC1CCCO1)C(=O)C1CCCC(N)C1. The van der Waals surface area contributed by atoms with Crippen LogP contribution >= 0.6 is 0 Å². The lowest BCUT2D eigenvalue weighted by Gasteiger charge is -2.32. The summed E-state index contributed by atoms with van der Waals surface area (Å²) in [5.74, 6) is 0.443. The van der Waals surface area contributed by atoms with Crippen molar-refractivity contribution in [2.45, 2.75) is 57.6 Å². The highest BCUT2D eigenvalue weighted by Crippen LogP contribution is 2.25. The number of amides is 1. The summed E-state index contributed by atoms with van der Waals surface area (Å²) in [6.07, 6.45) is 6.51. The van der Waals surface area contributed by atoms with Gasteiger partial charge < -0.3 is 15.4 Å². The summed E-state index contributed by atoms with van der Waals surface area (Å²) in [6, 6.07) is 0.217. The molecule has 2 rings (SSSR count). The zero-order chi connectivity index (χ0) is 13.0. The van der Waals surface area contributed by atoms with Gasteiger partial charge in [-0.1, -0.05) is 6.42 Å². The minimum atomic E-state index is 0.148. The van der Waals surface area contributed by atoms with Crippen LogP contribution in [0.2, 0.25) is 0 Å². The van der Waals surface area contributed by atoms with Gasteiger partial charge in [0, 0.05) is 31.7 Å². The van der Waals surface area contributed by atoms with Crippen molar-refractivity contribution in [2.75, 3.05) is 19.7 Å². The summed E-state index contributed by atoms with van der Waals surface area (Å²) in [4.78, 5) is 14.4. The molecule has 2 N–H and O–H groups in total. The smallest absolute Gasteiger partial charge is 0.225 e. The normalized spacial score (nSPS) is 32.4. The van der Waals surface area contributed by atoms with Gasteiger partial charge in [0.15, 0.2) is 0 Å². The molecular formula is C14H26N2O2. The van der Waals surface area contributed by atoms with Gasteiger partial charge in [-0.05, 0) is 39.0 Å². The van der Waals surface area contributed by atoms with E-state index < -0.39 is 0 Å². The Kier molecular flexibility index (Phi) is 5.01. The molecule has 1 aliphatic carbocycles. The van der Waals surface area contributed by atoms with E-state index >= 15 is 0 Å². The monoisotopic (exact) mass is 254 g/mol. The first-order chi connectivity index (χ1) is 8.70. The van der Waals surface area contributed by atoms with Crippen molar-refractivity contribution in [3.05, 3.63) is 0 Å². The Morgan fingerprint density at radius 1 is 1.33 bits per heavy atom. The molecular weight excluding hydrogens is 228 g/mol. The van der Waals surface area contributed by atoms with E-state index in [0.29, 0.717) is 5.91 Å². The lowest BCUT2D eigenvalue weighted by Crippen LogP contribution is -2.43. The van der Waals surface area contributed by atoms with Gasteiger partial charge in [0.1, 0.15) is 0 Å². The van der Waals surface area contributed by atoms with Crippen LogP contribution in [0.15, 0.2) is 0 Å². The van der Waals surface area contributed by atoms with Gasteiger partial charge in [-0.25, -0.2) is 0 Å². The number of hydrogen-bond acceptors (Lipinski definition) is 3. The highest BCUT2D eigenvalue weighted by atomic mass is 16.5. The van der Waals surface area contributed by atoms with Crippen molar-refractivity contribution < 1.29 is 9.53 Å². The Labute approximate surface area is 110 Å². The molecule has 0 bridgehead atoms. The number of likely N-dealkylation sites (N-methyl/N-ethyl adjacent to an activating group) is 1. The largest absolute Gasteiger partial charge is 0.376 e. The summed E-state index contributed by atoms with van der Waals surface area (Å²) >= 11 is 0. The van der Waals surface area contributed by atoms with Crippen molar-refractivity contribution in [2.24, 2.45) is 11.7 Å². The van der Waals surface area contributed by atoms with E-state index in [0.717, 1.165) is 58.2 Å². The standard InChI is InChI=1S/C14H26N2O2/c1-2-16(10-13-7-4-8-18-13)14(17)11-5-3-6-12(15)9-11/h11-13H,2-10,15H2,1H3. The average Bonchev–Trinajstić information content (AvgIpc) is 2.88. The Hall–Kier alpha value is -0.610. The quantitative estimate of drug-likeness (QED) is 0.828. The maximum atomic E-state index is 12.5. The zero-order valence-corrected chi connectivity index (χ0v) is 11.4. The minimum absolute atomic E-state index is 0.148. The fraction of sp³-hybridized carbons (Fsp3) is 0.929. The third-order valence-electron chi connectivity index (χ3n) is 4.21. The molecule has 4 nitrogen and oxygen atoms in total. The van der Waals surface area contributed by atoms with Crippen molar-refractivity contribution in [3.8, 4) is 0 Å². The van der Waals surface area contributed by atoms with E-state index in [1.165, 1.54) is 0 Å². The second-order valence-corrected chi connectivity index (χ2v) is 5.64. The molecule has 0 radical (unpaired) electrons. The van der Waals surface area contributed by atoms with E-state index in [9.17, 15) is 4.79 Å². The van der Waals surface area contributed by atoms with Crippen molar-refractivity contribution in [1.82, 2.24) is 4.90 Å². The van der Waals surface area contributed by atoms with Gasteiger partial charge >= 0.3 is 0 Å². The number of carbonyl (C=O) groups is 1. The van der Waals surface area contributed by atoms with Crippen LogP contribution in [0.25, 0.3) is 0 Å². The Balaban J connectivity index is 1.87. The molecule has 104 valence electrons. The first-order valence-electron chi connectivity index (χ1n) is 7.36. The molecule has 2 aliphatic rings. The topological polar surface area (TPSA) is 55.6 Å². The predicted molar refractivity (Wildman–Crippen MR) is 71.2 cm³/mol. The molecule has 1 heterocycles. The molecule has 18 heavy (non-hydrogen) atoms. The highest BCUT2D eigenvalue weighted by molar-refractivity contribution is 5.79. The molecule has 4 heteroatoms. The summed E-state index contributed by atoms with van der Waals surface area (Å²) in [5.41, 5.74) is 5.97. The third kappa shape index (κ3) is 3.45. The molecule has 0 spiro atoms. The Morgan fingerprint density at radius 3 is 2.78 bits per heavy atom. The summed E-state index contributed by atoms with van der Waals surface area (Å²) in [5, 5.41) is 0. The molecule has 3 unspecified atom stereocenters. The van der Waals surface area contributed by atoms with E-state index in [1.807, 2.05) is 4.90 Å². The number of carbonyl (C=O) groups excluding carboxylic acids is 1. The Bertz CT molecular complexity index is 277. The molecule has 3 atom stereocenters. The van der Waals surface area contributed by atoms with Crippen molar-refractivity contribution in [3.63, 3.8) is 0 Å². The fourth-order valence-corrected chi connectivity index (χ4v) is 3.12. The van der Waals surface area contributed by atoms with Crippen LogP contribution < -0.4 is 5.73 Å². The van der Waals surface area contributed by atoms with Crippen LogP contribution in [0.1, 0.15) is 45.4 Å². The summed E-state index contributed by atoms with van der Waals surface area (Å²) < 4.78 is 5.63. The van der Waals surface area contributed by atoms with Gasteiger partial charge in [0.05, 0.1) is 6.10 Å². The summed E-state index contributed by atoms with van der Waals surface area (Å²) in [6.45, 7) is 4.45. The van der Waals surface area contributed by atoms with Crippen LogP contribution in [-0.2, 0) is 9.53 Å². The Morgan fingerprint density at radius 2 is 2.17 bits per heavy atom. The lowest BCUT2D eigenvalue weighted by atomic mass is 9.85. The van der Waals surface area contributed by atoms with Crippen molar-refractivity contribution >= 4 is 5.91 Å². The minimum Gasteiger partial charge on any atom is -0.376 e. The average molecular weight is 254 g/mol. The third-order valence-corrected chi connectivity index (χ3v) is 4.21. The number of nitrogens with two attached hydrogens (primary N) is 1.